The van der Waals surface area contributed by atoms with Gasteiger partial charge in [0, 0.05) is 24.8 Å². The van der Waals surface area contributed by atoms with Crippen LogP contribution in [0.5, 0.6) is 17.2 Å². The van der Waals surface area contributed by atoms with Gasteiger partial charge in [0.15, 0.2) is 11.5 Å². The molecule has 1 aliphatic rings. The van der Waals surface area contributed by atoms with E-state index in [0.717, 1.165) is 5.56 Å². The number of carbonyl (C=O) groups excluding carboxylic acids is 2. The molecule has 8 nitrogen and oxygen atoms in total. The van der Waals surface area contributed by atoms with Crippen LogP contribution in [0.3, 0.4) is 0 Å². The number of aliphatic hydroxyl groups is 1. The molecule has 0 aromatic heterocycles. The average molecular weight is 441 g/mol. The molecule has 1 heterocycles. The molecule has 0 aliphatic carbocycles. The molecule has 1 saturated heterocycles. The van der Waals surface area contributed by atoms with Crippen molar-refractivity contribution in [3.63, 3.8) is 0 Å². The molecule has 32 heavy (non-hydrogen) atoms. The quantitative estimate of drug-likeness (QED) is 0.382. The molecule has 0 saturated carbocycles. The zero-order valence-corrected chi connectivity index (χ0v) is 18.8. The molecule has 0 spiro atoms. The maximum absolute atomic E-state index is 13.1. The number of likely N-dealkylation sites (tertiary alicyclic amines) is 1. The number of nitrogens with zero attached hydrogens (tertiary/aromatic N) is 1. The summed E-state index contributed by atoms with van der Waals surface area (Å²) >= 11 is 0. The summed E-state index contributed by atoms with van der Waals surface area (Å²) in [7, 11) is 6.05. The van der Waals surface area contributed by atoms with Crippen molar-refractivity contribution in [1.29, 1.82) is 0 Å². The monoisotopic (exact) mass is 441 g/mol. The van der Waals surface area contributed by atoms with Gasteiger partial charge in [-0.2, -0.15) is 0 Å². The minimum atomic E-state index is -0.877. The highest BCUT2D eigenvalue weighted by molar-refractivity contribution is 6.46. The van der Waals surface area contributed by atoms with E-state index in [9.17, 15) is 14.7 Å². The number of carbonyl (C=O) groups is 2. The smallest absolute Gasteiger partial charge is 0.295 e. The Morgan fingerprint density at radius 3 is 2.31 bits per heavy atom. The zero-order valence-electron chi connectivity index (χ0n) is 18.8. The summed E-state index contributed by atoms with van der Waals surface area (Å²) in [6, 6.07) is 9.37. The lowest BCUT2D eigenvalue weighted by molar-refractivity contribution is -0.140. The van der Waals surface area contributed by atoms with Gasteiger partial charge in [0.05, 0.1) is 39.6 Å². The molecule has 1 N–H and O–H groups in total. The lowest BCUT2D eigenvalue weighted by atomic mass is 9.94. The van der Waals surface area contributed by atoms with Crippen molar-refractivity contribution >= 4 is 17.4 Å². The Bertz CT molecular complexity index is 1060. The summed E-state index contributed by atoms with van der Waals surface area (Å²) in [5.74, 6) is -0.300. The molecular weight excluding hydrogens is 414 g/mol. The first-order chi connectivity index (χ1) is 15.4. The van der Waals surface area contributed by atoms with Gasteiger partial charge >= 0.3 is 0 Å². The van der Waals surface area contributed by atoms with Crippen molar-refractivity contribution in [3.05, 3.63) is 58.7 Å². The van der Waals surface area contributed by atoms with Crippen LogP contribution in [-0.2, 0) is 14.3 Å². The number of ketones is 1. The molecule has 0 bridgehead atoms. The number of aliphatic hydroxyl groups excluding tert-OH is 1. The summed E-state index contributed by atoms with van der Waals surface area (Å²) in [4.78, 5) is 27.4. The SMILES string of the molecule is COCCN1C(=O)C(=O)C(=C(O)c2ccc(OC)c(C)c2)[C@@H]1c1cccc(OC)c1OC. The van der Waals surface area contributed by atoms with Crippen LogP contribution in [0.15, 0.2) is 42.0 Å². The summed E-state index contributed by atoms with van der Waals surface area (Å²) in [6.45, 7) is 2.21. The van der Waals surface area contributed by atoms with Gasteiger partial charge in [-0.05, 0) is 36.8 Å². The summed E-state index contributed by atoms with van der Waals surface area (Å²) in [5, 5.41) is 11.2. The van der Waals surface area contributed by atoms with Crippen molar-refractivity contribution in [3.8, 4) is 17.2 Å². The maximum Gasteiger partial charge on any atom is 0.295 e. The summed E-state index contributed by atoms with van der Waals surface area (Å²) < 4.78 is 21.4. The van der Waals surface area contributed by atoms with Crippen LogP contribution in [0.25, 0.3) is 5.76 Å². The van der Waals surface area contributed by atoms with Crippen LogP contribution in [0.1, 0.15) is 22.7 Å². The number of methoxy groups -OCH3 is 4. The van der Waals surface area contributed by atoms with E-state index < -0.39 is 17.7 Å². The lowest BCUT2D eigenvalue weighted by Gasteiger charge is -2.27. The molecule has 8 heteroatoms. The van der Waals surface area contributed by atoms with Crippen LogP contribution < -0.4 is 14.2 Å². The number of hydrogen-bond donors (Lipinski definition) is 1. The fourth-order valence-corrected chi connectivity index (χ4v) is 3.93. The van der Waals surface area contributed by atoms with E-state index in [-0.39, 0.29) is 24.5 Å². The first-order valence-electron chi connectivity index (χ1n) is 10.0. The first kappa shape index (κ1) is 23.1. The largest absolute Gasteiger partial charge is 0.507 e. The predicted molar refractivity (Wildman–Crippen MR) is 118 cm³/mol. The Hall–Kier alpha value is -3.52. The first-order valence-corrected chi connectivity index (χ1v) is 10.0. The van der Waals surface area contributed by atoms with Gasteiger partial charge in [-0.15, -0.1) is 0 Å². The van der Waals surface area contributed by atoms with Gasteiger partial charge in [0.2, 0.25) is 0 Å². The normalized spacial score (nSPS) is 17.5. The highest BCUT2D eigenvalue weighted by atomic mass is 16.5. The second-order valence-electron chi connectivity index (χ2n) is 7.25. The van der Waals surface area contributed by atoms with Gasteiger partial charge in [0.1, 0.15) is 11.5 Å². The second-order valence-corrected chi connectivity index (χ2v) is 7.25. The number of aryl methyl sites for hydroxylation is 1. The summed E-state index contributed by atoms with van der Waals surface area (Å²) in [5.41, 5.74) is 1.68. The van der Waals surface area contributed by atoms with Crippen molar-refractivity contribution in [2.45, 2.75) is 13.0 Å². The molecule has 170 valence electrons. The fourth-order valence-electron chi connectivity index (χ4n) is 3.93. The van der Waals surface area contributed by atoms with E-state index in [1.54, 1.807) is 43.5 Å². The zero-order chi connectivity index (χ0) is 23.4. The Kier molecular flexibility index (Phi) is 7.05. The van der Waals surface area contributed by atoms with Crippen LogP contribution in [0.4, 0.5) is 0 Å². The Labute approximate surface area is 187 Å². The molecule has 2 aromatic carbocycles. The number of benzene rings is 2. The van der Waals surface area contributed by atoms with Crippen molar-refractivity contribution in [2.75, 3.05) is 41.6 Å². The Balaban J connectivity index is 2.25. The predicted octanol–water partition coefficient (Wildman–Crippen LogP) is 3.09. The third-order valence-corrected chi connectivity index (χ3v) is 5.47. The van der Waals surface area contributed by atoms with Gasteiger partial charge in [-0.3, -0.25) is 9.59 Å². The minimum absolute atomic E-state index is 0.0257. The van der Waals surface area contributed by atoms with Crippen LogP contribution >= 0.6 is 0 Å². The maximum atomic E-state index is 13.1. The summed E-state index contributed by atoms with van der Waals surface area (Å²) in [6.07, 6.45) is 0. The fraction of sp³-hybridized carbons (Fsp3) is 0.333. The molecule has 1 aliphatic heterocycles. The Morgan fingerprint density at radius 1 is 1.00 bits per heavy atom. The highest BCUT2D eigenvalue weighted by Crippen LogP contribution is 2.45. The molecule has 0 unspecified atom stereocenters. The van der Waals surface area contributed by atoms with Crippen LogP contribution in [0.2, 0.25) is 0 Å². The van der Waals surface area contributed by atoms with E-state index in [1.807, 2.05) is 6.92 Å². The van der Waals surface area contributed by atoms with Gasteiger partial charge in [0.25, 0.3) is 11.7 Å². The van der Waals surface area contributed by atoms with Crippen molar-refractivity contribution < 1.29 is 33.6 Å². The number of hydrogen-bond acceptors (Lipinski definition) is 7. The van der Waals surface area contributed by atoms with Gasteiger partial charge < -0.3 is 29.0 Å². The van der Waals surface area contributed by atoms with E-state index in [1.165, 1.54) is 26.2 Å². The average Bonchev–Trinajstić information content (AvgIpc) is 3.06. The number of ether oxygens (including phenoxy) is 4. The van der Waals surface area contributed by atoms with E-state index in [2.05, 4.69) is 0 Å². The van der Waals surface area contributed by atoms with E-state index in [0.29, 0.717) is 28.4 Å². The number of amides is 1. The minimum Gasteiger partial charge on any atom is -0.507 e. The molecule has 0 radical (unpaired) electrons. The lowest BCUT2D eigenvalue weighted by Crippen LogP contribution is -2.32. The molecule has 3 rings (SSSR count). The van der Waals surface area contributed by atoms with Gasteiger partial charge in [-0.25, -0.2) is 0 Å². The third kappa shape index (κ3) is 4.01. The Morgan fingerprint density at radius 2 is 1.72 bits per heavy atom. The van der Waals surface area contributed by atoms with E-state index in [4.69, 9.17) is 18.9 Å². The molecular formula is C24H27NO7. The molecule has 1 fully saturated rings. The van der Waals surface area contributed by atoms with Crippen molar-refractivity contribution in [1.82, 2.24) is 4.90 Å². The highest BCUT2D eigenvalue weighted by Gasteiger charge is 2.47. The second kappa shape index (κ2) is 9.74. The van der Waals surface area contributed by atoms with Crippen molar-refractivity contribution in [2.24, 2.45) is 0 Å². The van der Waals surface area contributed by atoms with Crippen LogP contribution in [-0.4, -0.2) is 63.3 Å². The molecule has 2 aromatic rings. The topological polar surface area (TPSA) is 94.5 Å². The molecule has 1 atom stereocenters. The third-order valence-electron chi connectivity index (χ3n) is 5.47. The van der Waals surface area contributed by atoms with Crippen LogP contribution in [0, 0.1) is 6.92 Å². The number of Topliss-reactive ketones (excluding diaryl/α,β-unsaturated/α-hetero) is 1. The number of para-hydroxylation sites is 1. The van der Waals surface area contributed by atoms with Gasteiger partial charge in [-0.1, -0.05) is 12.1 Å². The standard InChI is InChI=1S/C24H27NO7/c1-14-13-15(9-10-17(14)30-3)21(26)19-20(25(11-12-29-2)24(28)22(19)27)16-7-6-8-18(31-4)23(16)32-5/h6-10,13,20,26H,11-12H2,1-5H3/t20-/m0/s1. The number of rotatable bonds is 8. The molecule has 1 amide bonds. The van der Waals surface area contributed by atoms with E-state index >= 15 is 0 Å².